The molecule has 0 aliphatic carbocycles. The molecule has 3 atom stereocenters. The molecule has 1 rings (SSSR count). The molecule has 0 spiro atoms. The van der Waals surface area contributed by atoms with Gasteiger partial charge >= 0.3 is 0 Å². The topological polar surface area (TPSA) is 90.2 Å². The van der Waals surface area contributed by atoms with Crippen LogP contribution in [-0.4, -0.2) is 51.6 Å². The summed E-state index contributed by atoms with van der Waals surface area (Å²) in [5, 5.41) is 35.3. The highest BCUT2D eigenvalue weighted by atomic mass is 16.6. The van der Waals surface area contributed by atoms with Crippen molar-refractivity contribution in [1.82, 2.24) is 0 Å². The molecule has 0 aromatic heterocycles. The minimum Gasteiger partial charge on any atom is -0.393 e. The van der Waals surface area contributed by atoms with E-state index in [0.717, 1.165) is 0 Å². The summed E-state index contributed by atoms with van der Waals surface area (Å²) in [5.41, 5.74) is -1.70. The molecule has 4 N–H and O–H groups in total. The third kappa shape index (κ3) is 1.02. The molecule has 0 aromatic carbocycles. The molecule has 1 fully saturated rings. The highest BCUT2D eigenvalue weighted by Gasteiger charge is 2.46. The number of hydrogen-bond donors (Lipinski definition) is 4. The summed E-state index contributed by atoms with van der Waals surface area (Å²) in [4.78, 5) is 0. The van der Waals surface area contributed by atoms with Crippen molar-refractivity contribution < 1.29 is 25.2 Å². The van der Waals surface area contributed by atoms with Crippen molar-refractivity contribution in [3.8, 4) is 0 Å². The van der Waals surface area contributed by atoms with Crippen molar-refractivity contribution in [1.29, 1.82) is 0 Å². The van der Waals surface area contributed by atoms with Crippen LogP contribution in [0.1, 0.15) is 0 Å². The lowest BCUT2D eigenvalue weighted by Gasteiger charge is -2.21. The molecule has 5 heteroatoms. The van der Waals surface area contributed by atoms with E-state index in [1.54, 1.807) is 0 Å². The van der Waals surface area contributed by atoms with Crippen LogP contribution < -0.4 is 0 Å². The standard InChI is InChI=1S/C5H10O5/c6-1-5(9)2-10-4(8)3(5)7/h3-4,6-9H,1-2H2/t3-,4-,5+/m0/s1. The van der Waals surface area contributed by atoms with Crippen LogP contribution >= 0.6 is 0 Å². The normalized spacial score (nSPS) is 48.0. The maximum atomic E-state index is 9.15. The lowest BCUT2D eigenvalue weighted by atomic mass is 10.0. The first-order valence-corrected chi connectivity index (χ1v) is 2.91. The Labute approximate surface area is 57.5 Å². The maximum Gasteiger partial charge on any atom is 0.184 e. The van der Waals surface area contributed by atoms with Gasteiger partial charge < -0.3 is 25.2 Å². The fraction of sp³-hybridized carbons (Fsp3) is 1.00. The number of ether oxygens (including phenoxy) is 1. The van der Waals surface area contributed by atoms with Crippen molar-refractivity contribution >= 4 is 0 Å². The second-order valence-electron chi connectivity index (χ2n) is 2.41. The minimum absolute atomic E-state index is 0.244. The molecule has 1 aliphatic heterocycles. The molecule has 10 heavy (non-hydrogen) atoms. The number of rotatable bonds is 1. The highest BCUT2D eigenvalue weighted by Crippen LogP contribution is 2.22. The largest absolute Gasteiger partial charge is 0.393 e. The van der Waals surface area contributed by atoms with Gasteiger partial charge in [0.05, 0.1) is 13.2 Å². The van der Waals surface area contributed by atoms with Crippen LogP contribution in [-0.2, 0) is 4.74 Å². The third-order valence-corrected chi connectivity index (χ3v) is 1.60. The van der Waals surface area contributed by atoms with Crippen LogP contribution in [0.5, 0.6) is 0 Å². The first-order chi connectivity index (χ1) is 4.60. The molecule has 0 bridgehead atoms. The van der Waals surface area contributed by atoms with E-state index in [9.17, 15) is 0 Å². The van der Waals surface area contributed by atoms with Crippen LogP contribution in [0.3, 0.4) is 0 Å². The van der Waals surface area contributed by atoms with Gasteiger partial charge in [0.1, 0.15) is 11.7 Å². The molecular weight excluding hydrogens is 140 g/mol. The van der Waals surface area contributed by atoms with Crippen LogP contribution in [0.25, 0.3) is 0 Å². The average Bonchev–Trinajstić information content (AvgIpc) is 2.19. The van der Waals surface area contributed by atoms with E-state index in [4.69, 9.17) is 20.4 Å². The zero-order chi connectivity index (χ0) is 7.78. The third-order valence-electron chi connectivity index (χ3n) is 1.60. The molecular formula is C5H10O5. The van der Waals surface area contributed by atoms with Gasteiger partial charge in [-0.1, -0.05) is 0 Å². The van der Waals surface area contributed by atoms with Crippen LogP contribution in [0, 0.1) is 0 Å². The fourth-order valence-electron chi connectivity index (χ4n) is 0.811. The number of aliphatic hydroxyl groups excluding tert-OH is 3. The van der Waals surface area contributed by atoms with E-state index in [0.29, 0.717) is 0 Å². The predicted molar refractivity (Wildman–Crippen MR) is 30.0 cm³/mol. The summed E-state index contributed by atoms with van der Waals surface area (Å²) in [7, 11) is 0. The van der Waals surface area contributed by atoms with Gasteiger partial charge in [-0.05, 0) is 0 Å². The number of aliphatic hydroxyl groups is 4. The lowest BCUT2D eigenvalue weighted by Crippen LogP contribution is -2.46. The molecule has 1 aliphatic rings. The second kappa shape index (κ2) is 2.44. The van der Waals surface area contributed by atoms with Gasteiger partial charge in [-0.15, -0.1) is 0 Å². The van der Waals surface area contributed by atoms with Crippen LogP contribution in [0.15, 0.2) is 0 Å². The van der Waals surface area contributed by atoms with Crippen LogP contribution in [0.2, 0.25) is 0 Å². The molecule has 0 aromatic rings. The maximum absolute atomic E-state index is 9.15. The Balaban J connectivity index is 2.64. The van der Waals surface area contributed by atoms with Crippen molar-refractivity contribution in [2.75, 3.05) is 13.2 Å². The Morgan fingerprint density at radius 2 is 2.10 bits per heavy atom. The van der Waals surface area contributed by atoms with Gasteiger partial charge in [0, 0.05) is 0 Å². The predicted octanol–water partition coefficient (Wildman–Crippen LogP) is -2.58. The van der Waals surface area contributed by atoms with E-state index in [-0.39, 0.29) is 6.61 Å². The smallest absolute Gasteiger partial charge is 0.184 e. The van der Waals surface area contributed by atoms with Crippen LogP contribution in [0.4, 0.5) is 0 Å². The van der Waals surface area contributed by atoms with E-state index in [1.165, 1.54) is 0 Å². The van der Waals surface area contributed by atoms with Gasteiger partial charge in [0.15, 0.2) is 6.29 Å². The summed E-state index contributed by atoms with van der Waals surface area (Å²) in [6, 6.07) is 0. The van der Waals surface area contributed by atoms with E-state index in [2.05, 4.69) is 4.74 Å². The summed E-state index contributed by atoms with van der Waals surface area (Å²) >= 11 is 0. The fourth-order valence-corrected chi connectivity index (χ4v) is 0.811. The molecule has 60 valence electrons. The molecule has 1 heterocycles. The van der Waals surface area contributed by atoms with E-state index < -0.39 is 24.6 Å². The SMILES string of the molecule is OC[C@@]1(O)CO[C@H](O)[C@@H]1O. The average molecular weight is 150 g/mol. The van der Waals surface area contributed by atoms with Crippen molar-refractivity contribution in [2.24, 2.45) is 0 Å². The Kier molecular flexibility index (Phi) is 1.93. The Hall–Kier alpha value is -0.200. The van der Waals surface area contributed by atoms with Gasteiger partial charge in [-0.3, -0.25) is 0 Å². The molecule has 0 saturated carbocycles. The zero-order valence-electron chi connectivity index (χ0n) is 5.27. The molecule has 0 unspecified atom stereocenters. The summed E-state index contributed by atoms with van der Waals surface area (Å²) < 4.78 is 4.47. The van der Waals surface area contributed by atoms with Gasteiger partial charge in [0.25, 0.3) is 0 Å². The Morgan fingerprint density at radius 1 is 1.50 bits per heavy atom. The van der Waals surface area contributed by atoms with Gasteiger partial charge in [0.2, 0.25) is 0 Å². The molecule has 1 saturated heterocycles. The van der Waals surface area contributed by atoms with Crippen molar-refractivity contribution in [3.05, 3.63) is 0 Å². The first kappa shape index (κ1) is 7.90. The summed E-state index contributed by atoms with van der Waals surface area (Å²) in [6.07, 6.45) is -2.81. The monoisotopic (exact) mass is 150 g/mol. The van der Waals surface area contributed by atoms with E-state index >= 15 is 0 Å². The Bertz CT molecular complexity index is 127. The first-order valence-electron chi connectivity index (χ1n) is 2.91. The summed E-state index contributed by atoms with van der Waals surface area (Å²) in [5.74, 6) is 0. The quantitative estimate of drug-likeness (QED) is 0.329. The molecule has 5 nitrogen and oxygen atoms in total. The van der Waals surface area contributed by atoms with E-state index in [1.807, 2.05) is 0 Å². The lowest BCUT2D eigenvalue weighted by molar-refractivity contribution is -0.128. The second-order valence-corrected chi connectivity index (χ2v) is 2.41. The number of hydrogen-bond acceptors (Lipinski definition) is 5. The summed E-state index contributed by atoms with van der Waals surface area (Å²) in [6.45, 7) is -0.864. The molecule has 0 radical (unpaired) electrons. The highest BCUT2D eigenvalue weighted by molar-refractivity contribution is 4.92. The Morgan fingerprint density at radius 3 is 2.30 bits per heavy atom. The van der Waals surface area contributed by atoms with Crippen molar-refractivity contribution in [3.63, 3.8) is 0 Å². The minimum atomic E-state index is -1.70. The van der Waals surface area contributed by atoms with Gasteiger partial charge in [-0.2, -0.15) is 0 Å². The molecule has 0 amide bonds. The zero-order valence-corrected chi connectivity index (χ0v) is 5.27. The van der Waals surface area contributed by atoms with Gasteiger partial charge in [-0.25, -0.2) is 0 Å². The van der Waals surface area contributed by atoms with Crippen molar-refractivity contribution in [2.45, 2.75) is 18.0 Å².